The molecular formula is C18H18N4O4. The van der Waals surface area contributed by atoms with Gasteiger partial charge in [0.15, 0.2) is 5.69 Å². The number of nitrogens with zero attached hydrogens (tertiary/aromatic N) is 3. The second-order valence-corrected chi connectivity index (χ2v) is 5.99. The molecule has 3 aromatic rings. The predicted molar refractivity (Wildman–Crippen MR) is 94.2 cm³/mol. The Hall–Kier alpha value is -3.42. The van der Waals surface area contributed by atoms with Gasteiger partial charge in [0.1, 0.15) is 17.8 Å². The van der Waals surface area contributed by atoms with Crippen LogP contribution < -0.4 is 10.9 Å². The summed E-state index contributed by atoms with van der Waals surface area (Å²) in [5.41, 5.74) is 0.378. The Bertz CT molecular complexity index is 965. The van der Waals surface area contributed by atoms with Crippen LogP contribution in [0.5, 0.6) is 5.75 Å². The average Bonchev–Trinajstić information content (AvgIpc) is 3.13. The van der Waals surface area contributed by atoms with Crippen molar-refractivity contribution in [3.8, 4) is 5.75 Å². The first-order valence-electron chi connectivity index (χ1n) is 8.02. The summed E-state index contributed by atoms with van der Waals surface area (Å²) in [6, 6.07) is 9.76. The van der Waals surface area contributed by atoms with E-state index in [2.05, 4.69) is 20.0 Å². The summed E-state index contributed by atoms with van der Waals surface area (Å²) in [6.07, 6.45) is 3.17. The molecule has 2 heterocycles. The predicted octanol–water partition coefficient (Wildman–Crippen LogP) is 2.07. The van der Waals surface area contributed by atoms with Gasteiger partial charge in [-0.2, -0.15) is 0 Å². The lowest BCUT2D eigenvalue weighted by molar-refractivity contribution is 0.101. The lowest BCUT2D eigenvalue weighted by Crippen LogP contribution is -2.28. The Morgan fingerprint density at radius 1 is 1.35 bits per heavy atom. The molecule has 2 N–H and O–H groups in total. The third-order valence-corrected chi connectivity index (χ3v) is 4.03. The Labute approximate surface area is 149 Å². The van der Waals surface area contributed by atoms with Gasteiger partial charge >= 0.3 is 0 Å². The molecule has 0 aliphatic rings. The molecule has 0 aliphatic carbocycles. The van der Waals surface area contributed by atoms with Gasteiger partial charge in [-0.05, 0) is 12.0 Å². The zero-order chi connectivity index (χ0) is 18.7. The standard InChI is InChI=1S/C18H18N4O4/c1-11(8-12-6-4-3-5-7-12)16-21-14(15(23)18(25)22(16)2)17(24)20-13-9-19-26-10-13/h3-7,9-11,23H,8H2,1-2H3,(H,20,24). The van der Waals surface area contributed by atoms with E-state index in [0.717, 1.165) is 5.56 Å². The molecule has 8 heteroatoms. The number of anilines is 1. The number of amides is 1. The van der Waals surface area contributed by atoms with Crippen LogP contribution in [0.2, 0.25) is 0 Å². The van der Waals surface area contributed by atoms with Crippen molar-refractivity contribution in [1.29, 1.82) is 0 Å². The molecule has 0 aliphatic heterocycles. The van der Waals surface area contributed by atoms with E-state index >= 15 is 0 Å². The molecule has 1 aromatic carbocycles. The minimum absolute atomic E-state index is 0.141. The van der Waals surface area contributed by atoms with E-state index < -0.39 is 17.2 Å². The minimum Gasteiger partial charge on any atom is -0.501 e. The minimum atomic E-state index is -0.712. The van der Waals surface area contributed by atoms with E-state index in [9.17, 15) is 14.7 Å². The fourth-order valence-electron chi connectivity index (χ4n) is 2.72. The van der Waals surface area contributed by atoms with Crippen LogP contribution >= 0.6 is 0 Å². The first kappa shape index (κ1) is 17.4. The van der Waals surface area contributed by atoms with Gasteiger partial charge < -0.3 is 14.9 Å². The number of aromatic nitrogens is 3. The zero-order valence-electron chi connectivity index (χ0n) is 14.3. The van der Waals surface area contributed by atoms with E-state index in [4.69, 9.17) is 0 Å². The maximum absolute atomic E-state index is 12.4. The van der Waals surface area contributed by atoms with Crippen molar-refractivity contribution in [3.05, 3.63) is 70.2 Å². The number of aromatic hydroxyl groups is 1. The highest BCUT2D eigenvalue weighted by Gasteiger charge is 2.23. The largest absolute Gasteiger partial charge is 0.501 e. The first-order chi connectivity index (χ1) is 12.5. The van der Waals surface area contributed by atoms with E-state index in [-0.39, 0.29) is 11.6 Å². The molecule has 1 unspecified atom stereocenters. The van der Waals surface area contributed by atoms with Crippen molar-refractivity contribution in [1.82, 2.24) is 14.7 Å². The second-order valence-electron chi connectivity index (χ2n) is 5.99. The molecule has 134 valence electrons. The van der Waals surface area contributed by atoms with Gasteiger partial charge in [-0.15, -0.1) is 0 Å². The monoisotopic (exact) mass is 354 g/mol. The first-order valence-corrected chi connectivity index (χ1v) is 8.02. The number of benzene rings is 1. The fourth-order valence-corrected chi connectivity index (χ4v) is 2.72. The second kappa shape index (κ2) is 7.22. The maximum Gasteiger partial charge on any atom is 0.296 e. The summed E-state index contributed by atoms with van der Waals surface area (Å²) in [6.45, 7) is 1.91. The lowest BCUT2D eigenvalue weighted by Gasteiger charge is -2.16. The van der Waals surface area contributed by atoms with Crippen LogP contribution in [0, 0.1) is 0 Å². The molecule has 3 rings (SSSR count). The van der Waals surface area contributed by atoms with Gasteiger partial charge in [0.2, 0.25) is 5.75 Å². The van der Waals surface area contributed by atoms with E-state index in [0.29, 0.717) is 17.9 Å². The van der Waals surface area contributed by atoms with Gasteiger partial charge in [0.05, 0.1) is 6.20 Å². The fraction of sp³-hybridized carbons (Fsp3) is 0.222. The molecule has 1 atom stereocenters. The molecule has 0 bridgehead atoms. The molecule has 0 saturated carbocycles. The maximum atomic E-state index is 12.4. The smallest absolute Gasteiger partial charge is 0.296 e. The number of hydrogen-bond donors (Lipinski definition) is 2. The van der Waals surface area contributed by atoms with Crippen LogP contribution in [-0.4, -0.2) is 25.7 Å². The third-order valence-electron chi connectivity index (χ3n) is 4.03. The summed E-state index contributed by atoms with van der Waals surface area (Å²) >= 11 is 0. The molecular weight excluding hydrogens is 336 g/mol. The summed E-state index contributed by atoms with van der Waals surface area (Å²) in [5, 5.41) is 16.0. The summed E-state index contributed by atoms with van der Waals surface area (Å²) < 4.78 is 5.90. The number of carbonyl (C=O) groups is 1. The van der Waals surface area contributed by atoms with E-state index in [1.54, 1.807) is 0 Å². The number of nitrogens with one attached hydrogen (secondary N) is 1. The normalized spacial score (nSPS) is 11.9. The lowest BCUT2D eigenvalue weighted by atomic mass is 10.00. The SMILES string of the molecule is CC(Cc1ccccc1)c1nc(C(=O)Nc2cnoc2)c(O)c(=O)n1C. The van der Waals surface area contributed by atoms with Crippen molar-refractivity contribution in [3.63, 3.8) is 0 Å². The molecule has 0 spiro atoms. The number of rotatable bonds is 5. The van der Waals surface area contributed by atoms with E-state index in [1.807, 2.05) is 37.3 Å². The van der Waals surface area contributed by atoms with Crippen LogP contribution in [-0.2, 0) is 13.5 Å². The highest BCUT2D eigenvalue weighted by molar-refractivity contribution is 6.04. The van der Waals surface area contributed by atoms with Crippen LogP contribution in [0.25, 0.3) is 0 Å². The zero-order valence-corrected chi connectivity index (χ0v) is 14.3. The van der Waals surface area contributed by atoms with Crippen molar-refractivity contribution in [2.75, 3.05) is 5.32 Å². The van der Waals surface area contributed by atoms with Crippen LogP contribution in [0.3, 0.4) is 0 Å². The van der Waals surface area contributed by atoms with Crippen molar-refractivity contribution in [2.24, 2.45) is 7.05 Å². The summed E-state index contributed by atoms with van der Waals surface area (Å²) in [4.78, 5) is 29.0. The van der Waals surface area contributed by atoms with Crippen LogP contribution in [0.4, 0.5) is 5.69 Å². The third kappa shape index (κ3) is 3.49. The van der Waals surface area contributed by atoms with Gasteiger partial charge in [0.25, 0.3) is 11.5 Å². The Morgan fingerprint density at radius 2 is 2.08 bits per heavy atom. The van der Waals surface area contributed by atoms with Gasteiger partial charge in [-0.25, -0.2) is 4.98 Å². The highest BCUT2D eigenvalue weighted by atomic mass is 16.5. The Morgan fingerprint density at radius 3 is 2.73 bits per heavy atom. The highest BCUT2D eigenvalue weighted by Crippen LogP contribution is 2.21. The van der Waals surface area contributed by atoms with Gasteiger partial charge in [0, 0.05) is 13.0 Å². The summed E-state index contributed by atoms with van der Waals surface area (Å²) in [7, 11) is 1.52. The quantitative estimate of drug-likeness (QED) is 0.726. The van der Waals surface area contributed by atoms with Crippen molar-refractivity contribution < 1.29 is 14.4 Å². The van der Waals surface area contributed by atoms with E-state index in [1.165, 1.54) is 24.1 Å². The van der Waals surface area contributed by atoms with Crippen LogP contribution in [0.15, 0.2) is 52.1 Å². The summed E-state index contributed by atoms with van der Waals surface area (Å²) in [5.74, 6) is -1.14. The van der Waals surface area contributed by atoms with Crippen LogP contribution in [0.1, 0.15) is 34.7 Å². The molecule has 1 amide bonds. The molecule has 26 heavy (non-hydrogen) atoms. The topological polar surface area (TPSA) is 110 Å². The molecule has 0 saturated heterocycles. The molecule has 0 fully saturated rings. The number of hydrogen-bond acceptors (Lipinski definition) is 6. The van der Waals surface area contributed by atoms with Crippen molar-refractivity contribution in [2.45, 2.75) is 19.3 Å². The average molecular weight is 354 g/mol. The number of carbonyl (C=O) groups excluding carboxylic acids is 1. The molecule has 2 aromatic heterocycles. The Balaban J connectivity index is 1.94. The molecule has 0 radical (unpaired) electrons. The molecule has 8 nitrogen and oxygen atoms in total. The van der Waals surface area contributed by atoms with Crippen molar-refractivity contribution >= 4 is 11.6 Å². The Kier molecular flexibility index (Phi) is 4.83. The van der Waals surface area contributed by atoms with Gasteiger partial charge in [-0.1, -0.05) is 42.4 Å². The van der Waals surface area contributed by atoms with Gasteiger partial charge in [-0.3, -0.25) is 14.2 Å².